The van der Waals surface area contributed by atoms with Crippen LogP contribution in [0.15, 0.2) is 29.8 Å². The standard InChI is InChI=1S/C16H19NO3S/c1-12-15(17-11-21-12)9-10-20-14-7-5-13(6-8-14)3-2-4-16(18)19/h5-8,11H,2-4,9-10H2,1H3,(H,18,19). The summed E-state index contributed by atoms with van der Waals surface area (Å²) in [4.78, 5) is 16.0. The van der Waals surface area contributed by atoms with Gasteiger partial charge in [-0.3, -0.25) is 4.79 Å². The summed E-state index contributed by atoms with van der Waals surface area (Å²) in [5.41, 5.74) is 4.10. The quantitative estimate of drug-likeness (QED) is 0.811. The Morgan fingerprint density at radius 3 is 2.67 bits per heavy atom. The fraction of sp³-hybridized carbons (Fsp3) is 0.375. The first-order valence-electron chi connectivity index (χ1n) is 6.97. The number of thiazole rings is 1. The van der Waals surface area contributed by atoms with Gasteiger partial charge in [0.05, 0.1) is 17.8 Å². The maximum atomic E-state index is 10.5. The van der Waals surface area contributed by atoms with Gasteiger partial charge >= 0.3 is 5.97 Å². The molecule has 21 heavy (non-hydrogen) atoms. The molecule has 0 atom stereocenters. The highest BCUT2D eigenvalue weighted by Gasteiger charge is 2.02. The van der Waals surface area contributed by atoms with Gasteiger partial charge in [-0.15, -0.1) is 11.3 Å². The number of nitrogens with zero attached hydrogens (tertiary/aromatic N) is 1. The lowest BCUT2D eigenvalue weighted by Crippen LogP contribution is -2.02. The fourth-order valence-electron chi connectivity index (χ4n) is 2.03. The van der Waals surface area contributed by atoms with Crippen LogP contribution in [0.2, 0.25) is 0 Å². The van der Waals surface area contributed by atoms with E-state index in [1.165, 1.54) is 4.88 Å². The Bertz CT molecular complexity index is 577. The number of hydrogen-bond acceptors (Lipinski definition) is 4. The number of benzene rings is 1. The Labute approximate surface area is 128 Å². The number of hydrogen-bond donors (Lipinski definition) is 1. The normalized spacial score (nSPS) is 10.5. The van der Waals surface area contributed by atoms with Crippen molar-refractivity contribution in [3.8, 4) is 5.75 Å². The smallest absolute Gasteiger partial charge is 0.303 e. The molecular formula is C16H19NO3S. The van der Waals surface area contributed by atoms with Crippen LogP contribution in [-0.2, 0) is 17.6 Å². The van der Waals surface area contributed by atoms with Crippen LogP contribution < -0.4 is 4.74 Å². The van der Waals surface area contributed by atoms with Crippen molar-refractivity contribution in [2.45, 2.75) is 32.6 Å². The average molecular weight is 305 g/mol. The van der Waals surface area contributed by atoms with E-state index in [9.17, 15) is 4.79 Å². The summed E-state index contributed by atoms with van der Waals surface area (Å²) in [6.07, 6.45) is 2.48. The Morgan fingerprint density at radius 2 is 2.05 bits per heavy atom. The molecule has 0 spiro atoms. The Kier molecular flexibility index (Phi) is 5.75. The maximum absolute atomic E-state index is 10.5. The lowest BCUT2D eigenvalue weighted by molar-refractivity contribution is -0.137. The molecule has 0 fully saturated rings. The summed E-state index contributed by atoms with van der Waals surface area (Å²) in [6.45, 7) is 2.68. The van der Waals surface area contributed by atoms with Crippen LogP contribution in [-0.4, -0.2) is 22.7 Å². The van der Waals surface area contributed by atoms with Crippen molar-refractivity contribution in [2.24, 2.45) is 0 Å². The van der Waals surface area contributed by atoms with Crippen molar-refractivity contribution in [1.29, 1.82) is 0 Å². The number of rotatable bonds is 8. The first-order chi connectivity index (χ1) is 10.1. The molecular weight excluding hydrogens is 286 g/mol. The van der Waals surface area contributed by atoms with Crippen molar-refractivity contribution < 1.29 is 14.6 Å². The predicted octanol–water partition coefficient (Wildman–Crippen LogP) is 3.48. The summed E-state index contributed by atoms with van der Waals surface area (Å²) >= 11 is 1.65. The number of aliphatic carboxylic acids is 1. The molecule has 1 aromatic heterocycles. The molecule has 1 N–H and O–H groups in total. The van der Waals surface area contributed by atoms with Gasteiger partial charge in [0.1, 0.15) is 5.75 Å². The molecule has 0 saturated carbocycles. The zero-order chi connectivity index (χ0) is 15.1. The van der Waals surface area contributed by atoms with Gasteiger partial charge in [-0.2, -0.15) is 0 Å². The van der Waals surface area contributed by atoms with E-state index in [1.807, 2.05) is 29.8 Å². The second kappa shape index (κ2) is 7.78. The van der Waals surface area contributed by atoms with Gasteiger partial charge in [0.2, 0.25) is 0 Å². The van der Waals surface area contributed by atoms with Crippen LogP contribution in [0, 0.1) is 6.92 Å². The van der Waals surface area contributed by atoms with Crippen LogP contribution in [0.25, 0.3) is 0 Å². The minimum atomic E-state index is -0.743. The predicted molar refractivity (Wildman–Crippen MR) is 83.1 cm³/mol. The fourth-order valence-corrected chi connectivity index (χ4v) is 2.66. The molecule has 0 aliphatic carbocycles. The van der Waals surface area contributed by atoms with Gasteiger partial charge in [-0.05, 0) is 37.5 Å². The van der Waals surface area contributed by atoms with Gasteiger partial charge < -0.3 is 9.84 Å². The average Bonchev–Trinajstić information content (AvgIpc) is 2.86. The number of aromatic nitrogens is 1. The largest absolute Gasteiger partial charge is 0.493 e. The first kappa shape index (κ1) is 15.5. The highest BCUT2D eigenvalue weighted by atomic mass is 32.1. The van der Waals surface area contributed by atoms with Crippen LogP contribution in [0.4, 0.5) is 0 Å². The molecule has 0 radical (unpaired) electrons. The molecule has 1 aromatic carbocycles. The van der Waals surface area contributed by atoms with Crippen LogP contribution >= 0.6 is 11.3 Å². The summed E-state index contributed by atoms with van der Waals surface area (Å²) in [7, 11) is 0. The number of carboxylic acid groups (broad SMARTS) is 1. The molecule has 2 aromatic rings. The van der Waals surface area contributed by atoms with E-state index in [2.05, 4.69) is 11.9 Å². The summed E-state index contributed by atoms with van der Waals surface area (Å²) in [5, 5.41) is 8.61. The zero-order valence-electron chi connectivity index (χ0n) is 12.0. The monoisotopic (exact) mass is 305 g/mol. The lowest BCUT2D eigenvalue weighted by Gasteiger charge is -2.07. The molecule has 0 aliphatic rings. The van der Waals surface area contributed by atoms with E-state index in [4.69, 9.17) is 9.84 Å². The highest BCUT2D eigenvalue weighted by molar-refractivity contribution is 7.09. The summed E-state index contributed by atoms with van der Waals surface area (Å²) < 4.78 is 5.70. The Morgan fingerprint density at radius 1 is 1.29 bits per heavy atom. The first-order valence-corrected chi connectivity index (χ1v) is 7.85. The maximum Gasteiger partial charge on any atom is 0.303 e. The molecule has 4 nitrogen and oxygen atoms in total. The highest BCUT2D eigenvalue weighted by Crippen LogP contribution is 2.16. The van der Waals surface area contributed by atoms with E-state index in [1.54, 1.807) is 11.3 Å². The van der Waals surface area contributed by atoms with Crippen LogP contribution in [0.3, 0.4) is 0 Å². The van der Waals surface area contributed by atoms with E-state index in [-0.39, 0.29) is 6.42 Å². The molecule has 0 bridgehead atoms. The number of ether oxygens (including phenoxy) is 1. The third-order valence-electron chi connectivity index (χ3n) is 3.23. The van der Waals surface area contributed by atoms with Crippen molar-refractivity contribution in [3.63, 3.8) is 0 Å². The number of aryl methyl sites for hydroxylation is 2. The molecule has 1 heterocycles. The Balaban J connectivity index is 1.74. The minimum Gasteiger partial charge on any atom is -0.493 e. The second-order valence-electron chi connectivity index (χ2n) is 4.84. The van der Waals surface area contributed by atoms with E-state index in [0.29, 0.717) is 13.0 Å². The summed E-state index contributed by atoms with van der Waals surface area (Å²) in [6, 6.07) is 7.85. The van der Waals surface area contributed by atoms with Crippen LogP contribution in [0.1, 0.15) is 29.0 Å². The van der Waals surface area contributed by atoms with E-state index >= 15 is 0 Å². The molecule has 0 unspecified atom stereocenters. The molecule has 2 rings (SSSR count). The molecule has 5 heteroatoms. The zero-order valence-corrected chi connectivity index (χ0v) is 12.9. The lowest BCUT2D eigenvalue weighted by atomic mass is 10.1. The SMILES string of the molecule is Cc1scnc1CCOc1ccc(CCCC(=O)O)cc1. The van der Waals surface area contributed by atoms with Gasteiger partial charge in [-0.25, -0.2) is 4.98 Å². The second-order valence-corrected chi connectivity index (χ2v) is 5.90. The third-order valence-corrected chi connectivity index (χ3v) is 4.03. The van der Waals surface area contributed by atoms with Crippen molar-refractivity contribution >= 4 is 17.3 Å². The van der Waals surface area contributed by atoms with Crippen molar-refractivity contribution in [2.75, 3.05) is 6.61 Å². The molecule has 0 aliphatic heterocycles. The van der Waals surface area contributed by atoms with Crippen LogP contribution in [0.5, 0.6) is 5.75 Å². The number of carbonyl (C=O) groups is 1. The molecule has 0 amide bonds. The van der Waals surface area contributed by atoms with Crippen molar-refractivity contribution in [1.82, 2.24) is 4.98 Å². The van der Waals surface area contributed by atoms with Gasteiger partial charge in [-0.1, -0.05) is 12.1 Å². The number of carboxylic acids is 1. The van der Waals surface area contributed by atoms with E-state index < -0.39 is 5.97 Å². The minimum absolute atomic E-state index is 0.214. The third kappa shape index (κ3) is 5.19. The molecule has 112 valence electrons. The topological polar surface area (TPSA) is 59.4 Å². The van der Waals surface area contributed by atoms with Gasteiger partial charge in [0.25, 0.3) is 0 Å². The summed E-state index contributed by atoms with van der Waals surface area (Å²) in [5.74, 6) is 0.0946. The Hall–Kier alpha value is -1.88. The van der Waals surface area contributed by atoms with Gasteiger partial charge in [0.15, 0.2) is 0 Å². The molecule has 0 saturated heterocycles. The van der Waals surface area contributed by atoms with Gasteiger partial charge in [0, 0.05) is 17.7 Å². The van der Waals surface area contributed by atoms with E-state index in [0.717, 1.165) is 29.8 Å². The van der Waals surface area contributed by atoms with Crippen molar-refractivity contribution in [3.05, 3.63) is 45.9 Å².